The fourth-order valence-electron chi connectivity index (χ4n) is 3.27. The number of aromatic hydroxyl groups is 1. The molecule has 2 aliphatic heterocycles. The fourth-order valence-corrected chi connectivity index (χ4v) is 3.60. The molecule has 0 unspecified atom stereocenters. The largest absolute Gasteiger partial charge is 0.508 e. The van der Waals surface area contributed by atoms with E-state index in [-0.39, 0.29) is 29.5 Å². The molecular formula is C16H21Cl2N3O2. The molecular weight excluding hydrogens is 337 g/mol. The lowest BCUT2D eigenvalue weighted by Gasteiger charge is -2.38. The Morgan fingerprint density at radius 2 is 1.87 bits per heavy atom. The summed E-state index contributed by atoms with van der Waals surface area (Å²) < 4.78 is 0. The van der Waals surface area contributed by atoms with E-state index >= 15 is 0 Å². The first kappa shape index (κ1) is 16.8. The number of carbonyl (C=O) groups is 1. The molecule has 1 amide bonds. The number of nitrogens with zero attached hydrogens (tertiary/aromatic N) is 1. The topological polar surface area (TPSA) is 78.6 Å². The third-order valence-electron chi connectivity index (χ3n) is 4.92. The van der Waals surface area contributed by atoms with Crippen molar-refractivity contribution < 1.29 is 9.90 Å². The van der Waals surface area contributed by atoms with Crippen molar-refractivity contribution in [1.82, 2.24) is 10.2 Å². The van der Waals surface area contributed by atoms with Crippen molar-refractivity contribution in [2.75, 3.05) is 26.2 Å². The minimum atomic E-state index is -0.313. The highest BCUT2D eigenvalue weighted by Crippen LogP contribution is 2.37. The van der Waals surface area contributed by atoms with Crippen molar-refractivity contribution in [2.45, 2.75) is 18.9 Å². The van der Waals surface area contributed by atoms with E-state index < -0.39 is 0 Å². The number of likely N-dealkylation sites (tertiary alicyclic amines) is 1. The summed E-state index contributed by atoms with van der Waals surface area (Å²) in [4.78, 5) is 14.2. The van der Waals surface area contributed by atoms with E-state index in [0.29, 0.717) is 15.6 Å². The van der Waals surface area contributed by atoms with E-state index in [0.717, 1.165) is 39.0 Å². The van der Waals surface area contributed by atoms with Gasteiger partial charge < -0.3 is 21.1 Å². The van der Waals surface area contributed by atoms with Gasteiger partial charge in [0.25, 0.3) is 0 Å². The maximum Gasteiger partial charge on any atom is 0.228 e. The molecule has 0 spiro atoms. The van der Waals surface area contributed by atoms with Gasteiger partial charge >= 0.3 is 0 Å². The van der Waals surface area contributed by atoms with Crippen LogP contribution in [-0.2, 0) is 4.79 Å². The maximum absolute atomic E-state index is 12.2. The van der Waals surface area contributed by atoms with Gasteiger partial charge in [0, 0.05) is 43.9 Å². The van der Waals surface area contributed by atoms with Gasteiger partial charge in [0.2, 0.25) is 5.91 Å². The summed E-state index contributed by atoms with van der Waals surface area (Å²) in [6.45, 7) is 3.01. The number of hydrogen-bond acceptors (Lipinski definition) is 4. The Bertz CT molecular complexity index is 599. The molecule has 0 saturated carbocycles. The Morgan fingerprint density at radius 3 is 2.43 bits per heavy atom. The van der Waals surface area contributed by atoms with Crippen molar-refractivity contribution in [3.8, 4) is 5.75 Å². The van der Waals surface area contributed by atoms with E-state index in [1.165, 1.54) is 6.07 Å². The number of rotatable bonds is 3. The summed E-state index contributed by atoms with van der Waals surface area (Å²) in [5.74, 6) is 0.667. The Kier molecular flexibility index (Phi) is 5.01. The first-order chi connectivity index (χ1) is 11.0. The number of amides is 1. The molecule has 126 valence electrons. The van der Waals surface area contributed by atoms with Gasteiger partial charge in [-0.25, -0.2) is 0 Å². The molecule has 0 radical (unpaired) electrons. The Labute approximate surface area is 145 Å². The molecule has 1 aromatic rings. The number of nitrogens with two attached hydrogens (primary N) is 1. The fraction of sp³-hybridized carbons (Fsp3) is 0.562. The van der Waals surface area contributed by atoms with Crippen LogP contribution in [0.25, 0.3) is 0 Å². The summed E-state index contributed by atoms with van der Waals surface area (Å²) >= 11 is 11.9. The third kappa shape index (κ3) is 3.43. The van der Waals surface area contributed by atoms with Crippen LogP contribution in [0.15, 0.2) is 12.1 Å². The van der Waals surface area contributed by atoms with Gasteiger partial charge in [0.1, 0.15) is 5.75 Å². The molecule has 4 N–H and O–H groups in total. The molecule has 2 fully saturated rings. The molecule has 7 heteroatoms. The SMILES string of the molecule is N[C@@H](c1cc(Cl)c(Cl)cc1O)C1CCN(C(=O)C2CNC2)CC1. The van der Waals surface area contributed by atoms with E-state index in [1.807, 2.05) is 4.90 Å². The van der Waals surface area contributed by atoms with Gasteiger partial charge in [0.05, 0.1) is 16.0 Å². The highest BCUT2D eigenvalue weighted by molar-refractivity contribution is 6.42. The van der Waals surface area contributed by atoms with E-state index in [9.17, 15) is 9.90 Å². The van der Waals surface area contributed by atoms with Gasteiger partial charge in [-0.2, -0.15) is 0 Å². The minimum Gasteiger partial charge on any atom is -0.508 e. The van der Waals surface area contributed by atoms with Crippen LogP contribution in [0.2, 0.25) is 10.0 Å². The first-order valence-electron chi connectivity index (χ1n) is 7.90. The summed E-state index contributed by atoms with van der Waals surface area (Å²) in [6.07, 6.45) is 1.65. The number of carbonyl (C=O) groups excluding carboxylic acids is 1. The molecule has 23 heavy (non-hydrogen) atoms. The van der Waals surface area contributed by atoms with Crippen molar-refractivity contribution in [1.29, 1.82) is 0 Å². The van der Waals surface area contributed by atoms with Crippen LogP contribution < -0.4 is 11.1 Å². The van der Waals surface area contributed by atoms with Crippen molar-refractivity contribution in [2.24, 2.45) is 17.6 Å². The number of phenols is 1. The molecule has 2 heterocycles. The monoisotopic (exact) mass is 357 g/mol. The number of benzene rings is 1. The van der Waals surface area contributed by atoms with Crippen molar-refractivity contribution >= 4 is 29.1 Å². The molecule has 0 bridgehead atoms. The number of hydrogen-bond donors (Lipinski definition) is 3. The second-order valence-electron chi connectivity index (χ2n) is 6.37. The van der Waals surface area contributed by atoms with Gasteiger partial charge in [-0.1, -0.05) is 23.2 Å². The molecule has 1 atom stereocenters. The van der Waals surface area contributed by atoms with Gasteiger partial charge in [0.15, 0.2) is 0 Å². The van der Waals surface area contributed by atoms with Crippen molar-refractivity contribution in [3.63, 3.8) is 0 Å². The summed E-state index contributed by atoms with van der Waals surface area (Å²) in [5.41, 5.74) is 6.95. The van der Waals surface area contributed by atoms with Crippen LogP contribution in [0.4, 0.5) is 0 Å². The van der Waals surface area contributed by atoms with E-state index in [1.54, 1.807) is 6.07 Å². The molecule has 3 rings (SSSR count). The zero-order valence-corrected chi connectivity index (χ0v) is 14.3. The standard InChI is InChI=1S/C16H21Cl2N3O2/c17-12-5-11(14(22)6-13(12)18)15(19)9-1-3-21(4-2-9)16(23)10-7-20-8-10/h5-6,9-10,15,20,22H,1-4,7-8,19H2/t15-/m1/s1. The lowest BCUT2D eigenvalue weighted by Crippen LogP contribution is -2.53. The number of nitrogens with one attached hydrogen (secondary N) is 1. The zero-order valence-electron chi connectivity index (χ0n) is 12.8. The van der Waals surface area contributed by atoms with Crippen LogP contribution in [0, 0.1) is 11.8 Å². The minimum absolute atomic E-state index is 0.0750. The zero-order chi connectivity index (χ0) is 16.6. The molecule has 0 aromatic heterocycles. The van der Waals surface area contributed by atoms with Crippen LogP contribution in [0.5, 0.6) is 5.75 Å². The normalized spacial score (nSPS) is 21.1. The van der Waals surface area contributed by atoms with Crippen LogP contribution in [-0.4, -0.2) is 42.1 Å². The predicted octanol–water partition coefficient (Wildman–Crippen LogP) is 2.16. The summed E-state index contributed by atoms with van der Waals surface area (Å²) in [6, 6.07) is 2.76. The van der Waals surface area contributed by atoms with E-state index in [2.05, 4.69) is 5.32 Å². The molecule has 2 saturated heterocycles. The second-order valence-corrected chi connectivity index (χ2v) is 7.18. The Balaban J connectivity index is 1.63. The van der Waals surface area contributed by atoms with Gasteiger partial charge in [-0.15, -0.1) is 0 Å². The maximum atomic E-state index is 12.2. The van der Waals surface area contributed by atoms with Gasteiger partial charge in [-0.05, 0) is 24.8 Å². The summed E-state index contributed by atoms with van der Waals surface area (Å²) in [7, 11) is 0. The predicted molar refractivity (Wildman–Crippen MR) is 90.7 cm³/mol. The number of piperidine rings is 1. The smallest absolute Gasteiger partial charge is 0.228 e. The van der Waals surface area contributed by atoms with Crippen LogP contribution in [0.1, 0.15) is 24.4 Å². The first-order valence-corrected chi connectivity index (χ1v) is 8.66. The van der Waals surface area contributed by atoms with Crippen molar-refractivity contribution in [3.05, 3.63) is 27.7 Å². The molecule has 2 aliphatic rings. The number of phenolic OH excluding ortho intramolecular Hbond substituents is 1. The van der Waals surface area contributed by atoms with E-state index in [4.69, 9.17) is 28.9 Å². The average molecular weight is 358 g/mol. The Morgan fingerprint density at radius 1 is 1.26 bits per heavy atom. The molecule has 1 aromatic carbocycles. The lowest BCUT2D eigenvalue weighted by atomic mass is 9.85. The molecule has 5 nitrogen and oxygen atoms in total. The summed E-state index contributed by atoms with van der Waals surface area (Å²) in [5, 5.41) is 13.9. The Hall–Kier alpha value is -1.01. The highest BCUT2D eigenvalue weighted by atomic mass is 35.5. The quantitative estimate of drug-likeness (QED) is 0.774. The van der Waals surface area contributed by atoms with Crippen LogP contribution >= 0.6 is 23.2 Å². The third-order valence-corrected chi connectivity index (χ3v) is 5.64. The average Bonchev–Trinajstić information content (AvgIpc) is 2.48. The van der Waals surface area contributed by atoms with Gasteiger partial charge in [-0.3, -0.25) is 4.79 Å². The number of halogens is 2. The van der Waals surface area contributed by atoms with Crippen LogP contribution in [0.3, 0.4) is 0 Å². The second kappa shape index (κ2) is 6.85. The highest BCUT2D eigenvalue weighted by Gasteiger charge is 2.33. The lowest BCUT2D eigenvalue weighted by molar-refractivity contribution is -0.138. The molecule has 0 aliphatic carbocycles.